The predicted molar refractivity (Wildman–Crippen MR) is 77.0 cm³/mol. The van der Waals surface area contributed by atoms with Crippen molar-refractivity contribution in [2.45, 2.75) is 51.3 Å². The summed E-state index contributed by atoms with van der Waals surface area (Å²) in [5.74, 6) is -1.35. The van der Waals surface area contributed by atoms with Gasteiger partial charge in [-0.05, 0) is 20.8 Å². The highest BCUT2D eigenvalue weighted by Crippen LogP contribution is 2.15. The Labute approximate surface area is 127 Å². The van der Waals surface area contributed by atoms with Gasteiger partial charge in [-0.15, -0.1) is 16.8 Å². The molecule has 7 nitrogen and oxygen atoms in total. The average molecular weight is 316 g/mol. The van der Waals surface area contributed by atoms with Crippen molar-refractivity contribution in [3.05, 3.63) is 0 Å². The zero-order chi connectivity index (χ0) is 16.0. The van der Waals surface area contributed by atoms with E-state index in [9.17, 15) is 19.2 Å². The van der Waals surface area contributed by atoms with Crippen LogP contribution in [0.3, 0.4) is 0 Å². The Kier molecular flexibility index (Phi) is 6.67. The molecule has 1 aliphatic heterocycles. The smallest absolute Gasteiger partial charge is 0.334 e. The normalized spacial score (nSPS) is 16.3. The lowest BCUT2D eigenvalue weighted by Crippen LogP contribution is -2.36. The molecule has 1 aliphatic rings. The molecule has 0 aromatic heterocycles. The Morgan fingerprint density at radius 2 is 1.81 bits per heavy atom. The van der Waals surface area contributed by atoms with Crippen LogP contribution in [0.2, 0.25) is 0 Å². The monoisotopic (exact) mass is 316 g/mol. The first-order valence-electron chi connectivity index (χ1n) is 6.79. The lowest BCUT2D eigenvalue weighted by atomic mass is 10.3. The summed E-state index contributed by atoms with van der Waals surface area (Å²) in [4.78, 5) is 50.4. The zero-order valence-electron chi connectivity index (χ0n) is 12.4. The van der Waals surface area contributed by atoms with Crippen LogP contribution in [0.1, 0.15) is 40.0 Å². The molecule has 1 saturated heterocycles. The number of nitrogens with one attached hydrogen (secondary N) is 1. The first-order chi connectivity index (χ1) is 9.81. The number of carbonyl (C=O) groups excluding carboxylic acids is 4. The third-order valence-electron chi connectivity index (χ3n) is 2.67. The van der Waals surface area contributed by atoms with Gasteiger partial charge in [-0.2, -0.15) is 0 Å². The number of rotatable bonds is 7. The highest BCUT2D eigenvalue weighted by molar-refractivity contribution is 8.00. The highest BCUT2D eigenvalue weighted by atomic mass is 32.2. The van der Waals surface area contributed by atoms with Crippen molar-refractivity contribution in [3.63, 3.8) is 0 Å². The van der Waals surface area contributed by atoms with Crippen LogP contribution in [-0.4, -0.2) is 45.8 Å². The van der Waals surface area contributed by atoms with Gasteiger partial charge in [0.25, 0.3) is 11.8 Å². The number of thioether (sulfide) groups is 1. The number of nitrogens with zero attached hydrogens (tertiary/aromatic N) is 1. The molecule has 0 aromatic rings. The molecule has 118 valence electrons. The fourth-order valence-corrected chi connectivity index (χ4v) is 2.46. The van der Waals surface area contributed by atoms with Gasteiger partial charge >= 0.3 is 5.97 Å². The Bertz CT molecular complexity index is 422. The Morgan fingerprint density at radius 1 is 1.24 bits per heavy atom. The van der Waals surface area contributed by atoms with E-state index in [0.717, 1.165) is 0 Å². The minimum absolute atomic E-state index is 0.0288. The zero-order valence-corrected chi connectivity index (χ0v) is 13.2. The number of amides is 3. The number of hydroxylamine groups is 2. The number of carbonyl (C=O) groups is 4. The number of hydrogen-bond acceptors (Lipinski definition) is 6. The summed E-state index contributed by atoms with van der Waals surface area (Å²) in [6.45, 7) is 5.49. The molecular formula is C13H20N2O5S. The van der Waals surface area contributed by atoms with Crippen molar-refractivity contribution in [2.24, 2.45) is 0 Å². The van der Waals surface area contributed by atoms with E-state index in [2.05, 4.69) is 5.32 Å². The van der Waals surface area contributed by atoms with Crippen molar-refractivity contribution in [1.82, 2.24) is 10.4 Å². The van der Waals surface area contributed by atoms with Gasteiger partial charge < -0.3 is 10.2 Å². The van der Waals surface area contributed by atoms with Crippen molar-refractivity contribution in [3.8, 4) is 0 Å². The van der Waals surface area contributed by atoms with Gasteiger partial charge in [0.15, 0.2) is 0 Å². The van der Waals surface area contributed by atoms with Gasteiger partial charge in [-0.25, -0.2) is 4.79 Å². The summed E-state index contributed by atoms with van der Waals surface area (Å²) in [7, 11) is 0. The van der Waals surface area contributed by atoms with E-state index >= 15 is 0 Å². The van der Waals surface area contributed by atoms with Crippen molar-refractivity contribution < 1.29 is 24.0 Å². The maximum Gasteiger partial charge on any atom is 0.334 e. The van der Waals surface area contributed by atoms with Crippen LogP contribution in [0.5, 0.6) is 0 Å². The van der Waals surface area contributed by atoms with Crippen LogP contribution in [-0.2, 0) is 24.0 Å². The lowest BCUT2D eigenvalue weighted by molar-refractivity contribution is -0.197. The van der Waals surface area contributed by atoms with Crippen LogP contribution in [0, 0.1) is 0 Å². The van der Waals surface area contributed by atoms with Crippen LogP contribution in [0.15, 0.2) is 0 Å². The molecule has 0 aromatic carbocycles. The van der Waals surface area contributed by atoms with Crippen LogP contribution in [0.4, 0.5) is 0 Å². The fraction of sp³-hybridized carbons (Fsp3) is 0.692. The van der Waals surface area contributed by atoms with E-state index in [0.29, 0.717) is 10.8 Å². The molecule has 1 atom stereocenters. The third kappa shape index (κ3) is 5.74. The number of imide groups is 1. The van der Waals surface area contributed by atoms with E-state index in [4.69, 9.17) is 4.84 Å². The SMILES string of the molecule is CC(C)NC(=O)C(C)SCCC(=O)ON1C(=O)CCC1=O. The molecular weight excluding hydrogens is 296 g/mol. The lowest BCUT2D eigenvalue weighted by Gasteiger charge is -2.15. The second-order valence-electron chi connectivity index (χ2n) is 4.97. The number of hydrogen-bond donors (Lipinski definition) is 1. The molecule has 1 rings (SSSR count). The van der Waals surface area contributed by atoms with Crippen LogP contribution >= 0.6 is 11.8 Å². The van der Waals surface area contributed by atoms with Gasteiger partial charge in [0.1, 0.15) is 0 Å². The topological polar surface area (TPSA) is 92.8 Å². The first-order valence-corrected chi connectivity index (χ1v) is 7.84. The Hall–Kier alpha value is -1.57. The molecule has 0 spiro atoms. The average Bonchev–Trinajstić information content (AvgIpc) is 2.69. The summed E-state index contributed by atoms with van der Waals surface area (Å²) < 4.78 is 0. The third-order valence-corrected chi connectivity index (χ3v) is 3.83. The van der Waals surface area contributed by atoms with Gasteiger partial charge in [0.2, 0.25) is 5.91 Å². The first kappa shape index (κ1) is 17.5. The largest absolute Gasteiger partial charge is 0.353 e. The van der Waals surface area contributed by atoms with E-state index in [-0.39, 0.29) is 36.5 Å². The minimum atomic E-state index is -0.650. The summed E-state index contributed by atoms with van der Waals surface area (Å²) in [5.41, 5.74) is 0. The summed E-state index contributed by atoms with van der Waals surface area (Å²) in [6, 6.07) is 0.0673. The molecule has 8 heteroatoms. The molecule has 0 aliphatic carbocycles. The van der Waals surface area contributed by atoms with Gasteiger partial charge in [0.05, 0.1) is 11.7 Å². The molecule has 1 N–H and O–H groups in total. The predicted octanol–water partition coefficient (Wildman–Crippen LogP) is 0.630. The standard InChI is InChI=1S/C13H20N2O5S/c1-8(2)14-13(19)9(3)21-7-6-12(18)20-15-10(16)4-5-11(15)17/h8-9H,4-7H2,1-3H3,(H,14,19). The Morgan fingerprint density at radius 3 is 2.33 bits per heavy atom. The summed E-state index contributed by atoms with van der Waals surface area (Å²) >= 11 is 1.31. The van der Waals surface area contributed by atoms with E-state index in [1.807, 2.05) is 13.8 Å². The summed E-state index contributed by atoms with van der Waals surface area (Å²) in [6.07, 6.45) is 0.182. The van der Waals surface area contributed by atoms with Gasteiger partial charge in [-0.3, -0.25) is 14.4 Å². The fourth-order valence-electron chi connectivity index (χ4n) is 1.60. The van der Waals surface area contributed by atoms with Gasteiger partial charge in [-0.1, -0.05) is 0 Å². The van der Waals surface area contributed by atoms with Crippen LogP contribution < -0.4 is 5.32 Å². The highest BCUT2D eigenvalue weighted by Gasteiger charge is 2.32. The maximum atomic E-state index is 11.6. The quantitative estimate of drug-likeness (QED) is 0.693. The maximum absolute atomic E-state index is 11.6. The molecule has 21 heavy (non-hydrogen) atoms. The second-order valence-corrected chi connectivity index (χ2v) is 6.42. The van der Waals surface area contributed by atoms with Crippen molar-refractivity contribution >= 4 is 35.5 Å². The van der Waals surface area contributed by atoms with E-state index < -0.39 is 17.8 Å². The molecule has 0 bridgehead atoms. The van der Waals surface area contributed by atoms with Crippen molar-refractivity contribution in [2.75, 3.05) is 5.75 Å². The minimum Gasteiger partial charge on any atom is -0.353 e. The Balaban J connectivity index is 2.26. The van der Waals surface area contributed by atoms with E-state index in [1.165, 1.54) is 11.8 Å². The molecule has 0 saturated carbocycles. The molecule has 3 amide bonds. The van der Waals surface area contributed by atoms with Crippen LogP contribution in [0.25, 0.3) is 0 Å². The summed E-state index contributed by atoms with van der Waals surface area (Å²) in [5, 5.41) is 3.02. The van der Waals surface area contributed by atoms with Gasteiger partial charge in [0, 0.05) is 24.6 Å². The van der Waals surface area contributed by atoms with E-state index in [1.54, 1.807) is 6.92 Å². The van der Waals surface area contributed by atoms with Crippen molar-refractivity contribution in [1.29, 1.82) is 0 Å². The second kappa shape index (κ2) is 8.02. The molecule has 1 unspecified atom stereocenters. The molecule has 0 radical (unpaired) electrons. The molecule has 1 heterocycles. The molecule has 1 fully saturated rings.